The molecule has 1 rings (SSSR count). The zero-order chi connectivity index (χ0) is 11.1. The number of benzene rings is 1. The summed E-state index contributed by atoms with van der Waals surface area (Å²) in [6.45, 7) is 2.03. The van der Waals surface area contributed by atoms with E-state index < -0.39 is 5.97 Å². The maximum absolute atomic E-state index is 11.1. The Labute approximate surface area is 88.6 Å². The molecule has 0 aliphatic rings. The molecule has 3 nitrogen and oxygen atoms in total. The van der Waals surface area contributed by atoms with E-state index in [0.29, 0.717) is 17.7 Å². The SMILES string of the molecule is CCOC(=O)/C=C(/C#N)c1ccccc1. The molecule has 0 saturated heterocycles. The first kappa shape index (κ1) is 11.0. The van der Waals surface area contributed by atoms with Gasteiger partial charge in [0.2, 0.25) is 0 Å². The molecule has 1 aromatic carbocycles. The van der Waals surface area contributed by atoms with Crippen LogP contribution in [-0.4, -0.2) is 12.6 Å². The Morgan fingerprint density at radius 3 is 2.67 bits per heavy atom. The minimum Gasteiger partial charge on any atom is -0.463 e. The summed E-state index contributed by atoms with van der Waals surface area (Å²) >= 11 is 0. The Morgan fingerprint density at radius 1 is 1.47 bits per heavy atom. The van der Waals surface area contributed by atoms with Crippen LogP contribution < -0.4 is 0 Å². The normalized spacial score (nSPS) is 10.5. The fourth-order valence-corrected chi connectivity index (χ4v) is 1.10. The molecule has 0 heterocycles. The van der Waals surface area contributed by atoms with Crippen molar-refractivity contribution in [2.45, 2.75) is 6.92 Å². The Kier molecular flexibility index (Phi) is 4.11. The van der Waals surface area contributed by atoms with Gasteiger partial charge in [0, 0.05) is 6.08 Å². The first-order valence-corrected chi connectivity index (χ1v) is 4.62. The highest BCUT2D eigenvalue weighted by molar-refractivity contribution is 5.95. The molecule has 15 heavy (non-hydrogen) atoms. The minimum absolute atomic E-state index is 0.308. The second kappa shape index (κ2) is 5.61. The monoisotopic (exact) mass is 201 g/mol. The average molecular weight is 201 g/mol. The minimum atomic E-state index is -0.488. The summed E-state index contributed by atoms with van der Waals surface area (Å²) in [6.07, 6.45) is 1.21. The summed E-state index contributed by atoms with van der Waals surface area (Å²) in [6, 6.07) is 11.0. The zero-order valence-electron chi connectivity index (χ0n) is 8.43. The molecule has 0 atom stereocenters. The number of hydrogen-bond donors (Lipinski definition) is 0. The predicted octanol–water partition coefficient (Wildman–Crippen LogP) is 2.16. The molecule has 0 radical (unpaired) electrons. The van der Waals surface area contributed by atoms with Crippen LogP contribution in [0.3, 0.4) is 0 Å². The number of carbonyl (C=O) groups is 1. The van der Waals surface area contributed by atoms with Gasteiger partial charge >= 0.3 is 5.97 Å². The number of nitriles is 1. The van der Waals surface area contributed by atoms with E-state index in [1.54, 1.807) is 19.1 Å². The van der Waals surface area contributed by atoms with Crippen LogP contribution in [0.15, 0.2) is 36.4 Å². The van der Waals surface area contributed by atoms with Crippen molar-refractivity contribution in [2.75, 3.05) is 6.61 Å². The van der Waals surface area contributed by atoms with Gasteiger partial charge in [0.15, 0.2) is 0 Å². The van der Waals surface area contributed by atoms with Crippen LogP contribution in [0.5, 0.6) is 0 Å². The molecule has 0 spiro atoms. The van der Waals surface area contributed by atoms with E-state index in [2.05, 4.69) is 0 Å². The van der Waals surface area contributed by atoms with Gasteiger partial charge in [0.1, 0.15) is 6.07 Å². The van der Waals surface area contributed by atoms with Crippen molar-refractivity contribution in [3.05, 3.63) is 42.0 Å². The molecular weight excluding hydrogens is 190 g/mol. The third kappa shape index (κ3) is 3.28. The zero-order valence-corrected chi connectivity index (χ0v) is 8.43. The van der Waals surface area contributed by atoms with Crippen LogP contribution in [0.25, 0.3) is 5.57 Å². The standard InChI is InChI=1S/C12H11NO2/c1-2-15-12(14)8-11(9-13)10-6-4-3-5-7-10/h3-8H,2H2,1H3/b11-8-. The lowest BCUT2D eigenvalue weighted by molar-refractivity contribution is -0.137. The third-order valence-corrected chi connectivity index (χ3v) is 1.75. The highest BCUT2D eigenvalue weighted by Crippen LogP contribution is 2.12. The molecule has 0 bridgehead atoms. The predicted molar refractivity (Wildman–Crippen MR) is 56.7 cm³/mol. The van der Waals surface area contributed by atoms with E-state index in [4.69, 9.17) is 10.00 Å². The van der Waals surface area contributed by atoms with Gasteiger partial charge in [-0.2, -0.15) is 5.26 Å². The van der Waals surface area contributed by atoms with Crippen molar-refractivity contribution in [2.24, 2.45) is 0 Å². The second-order valence-electron chi connectivity index (χ2n) is 2.79. The first-order valence-electron chi connectivity index (χ1n) is 4.62. The lowest BCUT2D eigenvalue weighted by atomic mass is 10.1. The molecule has 0 aliphatic carbocycles. The van der Waals surface area contributed by atoms with Crippen LogP contribution in [-0.2, 0) is 9.53 Å². The Hall–Kier alpha value is -2.08. The summed E-state index contributed by atoms with van der Waals surface area (Å²) in [5.74, 6) is -0.488. The van der Waals surface area contributed by atoms with E-state index in [-0.39, 0.29) is 0 Å². The number of nitrogens with zero attached hydrogens (tertiary/aromatic N) is 1. The largest absolute Gasteiger partial charge is 0.463 e. The van der Waals surface area contributed by atoms with Gasteiger partial charge in [-0.05, 0) is 12.5 Å². The van der Waals surface area contributed by atoms with E-state index in [1.165, 1.54) is 6.08 Å². The summed E-state index contributed by atoms with van der Waals surface area (Å²) in [5.41, 5.74) is 1.03. The molecule has 0 N–H and O–H groups in total. The topological polar surface area (TPSA) is 50.1 Å². The fraction of sp³-hybridized carbons (Fsp3) is 0.167. The highest BCUT2D eigenvalue weighted by atomic mass is 16.5. The molecular formula is C12H11NO2. The maximum Gasteiger partial charge on any atom is 0.332 e. The van der Waals surface area contributed by atoms with Gasteiger partial charge in [-0.1, -0.05) is 30.3 Å². The number of hydrogen-bond acceptors (Lipinski definition) is 3. The van der Waals surface area contributed by atoms with Crippen molar-refractivity contribution >= 4 is 11.5 Å². The number of rotatable bonds is 3. The maximum atomic E-state index is 11.1. The molecule has 0 unspecified atom stereocenters. The van der Waals surface area contributed by atoms with Gasteiger partial charge in [-0.3, -0.25) is 0 Å². The van der Waals surface area contributed by atoms with Crippen LogP contribution >= 0.6 is 0 Å². The first-order chi connectivity index (χ1) is 7.27. The lowest BCUT2D eigenvalue weighted by Crippen LogP contribution is -2.00. The van der Waals surface area contributed by atoms with Gasteiger partial charge in [-0.25, -0.2) is 4.79 Å². The van der Waals surface area contributed by atoms with E-state index in [9.17, 15) is 4.79 Å². The lowest BCUT2D eigenvalue weighted by Gasteiger charge is -1.98. The summed E-state index contributed by atoms with van der Waals surface area (Å²) in [4.78, 5) is 11.1. The van der Waals surface area contributed by atoms with Crippen LogP contribution in [0.4, 0.5) is 0 Å². The van der Waals surface area contributed by atoms with Crippen molar-refractivity contribution in [1.29, 1.82) is 5.26 Å². The van der Waals surface area contributed by atoms with Gasteiger partial charge < -0.3 is 4.74 Å². The Bertz CT molecular complexity index is 401. The molecule has 0 amide bonds. The molecule has 0 aliphatic heterocycles. The Balaban J connectivity index is 2.91. The van der Waals surface area contributed by atoms with Crippen LogP contribution in [0.2, 0.25) is 0 Å². The quantitative estimate of drug-likeness (QED) is 0.427. The number of esters is 1. The molecule has 76 valence electrons. The number of ether oxygens (including phenoxy) is 1. The number of carbonyl (C=O) groups excluding carboxylic acids is 1. The third-order valence-electron chi connectivity index (χ3n) is 1.75. The molecule has 0 saturated carbocycles. The van der Waals surface area contributed by atoms with Crippen LogP contribution in [0, 0.1) is 11.3 Å². The van der Waals surface area contributed by atoms with E-state index >= 15 is 0 Å². The summed E-state index contributed by atoms with van der Waals surface area (Å²) in [7, 11) is 0. The van der Waals surface area contributed by atoms with E-state index in [0.717, 1.165) is 0 Å². The highest BCUT2D eigenvalue weighted by Gasteiger charge is 2.03. The fourth-order valence-electron chi connectivity index (χ4n) is 1.10. The van der Waals surface area contributed by atoms with E-state index in [1.807, 2.05) is 24.3 Å². The van der Waals surface area contributed by atoms with Crippen LogP contribution in [0.1, 0.15) is 12.5 Å². The van der Waals surface area contributed by atoms with Crippen molar-refractivity contribution in [3.63, 3.8) is 0 Å². The molecule has 0 fully saturated rings. The smallest absolute Gasteiger partial charge is 0.332 e. The van der Waals surface area contributed by atoms with Crippen molar-refractivity contribution < 1.29 is 9.53 Å². The summed E-state index contributed by atoms with van der Waals surface area (Å²) in [5, 5.41) is 8.87. The van der Waals surface area contributed by atoms with Crippen molar-refractivity contribution in [3.8, 4) is 6.07 Å². The van der Waals surface area contributed by atoms with Gasteiger partial charge in [-0.15, -0.1) is 0 Å². The van der Waals surface area contributed by atoms with Gasteiger partial charge in [0.05, 0.1) is 12.2 Å². The molecule has 0 aromatic heterocycles. The van der Waals surface area contributed by atoms with Crippen molar-refractivity contribution in [1.82, 2.24) is 0 Å². The second-order valence-corrected chi connectivity index (χ2v) is 2.79. The molecule has 1 aromatic rings. The Morgan fingerprint density at radius 2 is 2.13 bits per heavy atom. The number of allylic oxidation sites excluding steroid dienone is 1. The summed E-state index contributed by atoms with van der Waals surface area (Å²) < 4.78 is 4.73. The van der Waals surface area contributed by atoms with Gasteiger partial charge in [0.25, 0.3) is 0 Å². The average Bonchev–Trinajstić information content (AvgIpc) is 2.27. The molecule has 3 heteroatoms.